The van der Waals surface area contributed by atoms with Crippen molar-refractivity contribution in [1.82, 2.24) is 15.5 Å². The molecule has 11 nitrogen and oxygen atoms in total. The highest BCUT2D eigenvalue weighted by Crippen LogP contribution is 2.19. The zero-order chi connectivity index (χ0) is 23.0. The summed E-state index contributed by atoms with van der Waals surface area (Å²) < 4.78 is 0. The minimum atomic E-state index is -1.39. The fourth-order valence-corrected chi connectivity index (χ4v) is 3.58. The van der Waals surface area contributed by atoms with Crippen molar-refractivity contribution in [1.29, 1.82) is 0 Å². The number of aliphatic hydroxyl groups is 2. The number of nitrogens with one attached hydrogen (secondary N) is 2. The molecule has 3 amide bonds. The third-order valence-corrected chi connectivity index (χ3v) is 5.58. The summed E-state index contributed by atoms with van der Waals surface area (Å²) in [5.74, 6) is -2.78. The van der Waals surface area contributed by atoms with Crippen molar-refractivity contribution in [2.45, 2.75) is 69.5 Å². The molecule has 1 fully saturated rings. The van der Waals surface area contributed by atoms with E-state index in [1.54, 1.807) is 6.26 Å². The summed E-state index contributed by atoms with van der Waals surface area (Å²) in [5, 5.41) is 33.5. The second-order valence-electron chi connectivity index (χ2n) is 7.36. The molecule has 0 saturated carbocycles. The summed E-state index contributed by atoms with van der Waals surface area (Å²) in [6.07, 6.45) is 0.477. The van der Waals surface area contributed by atoms with Crippen LogP contribution >= 0.6 is 11.8 Å². The van der Waals surface area contributed by atoms with Gasteiger partial charge in [-0.2, -0.15) is 11.8 Å². The van der Waals surface area contributed by atoms with Gasteiger partial charge >= 0.3 is 5.97 Å². The lowest BCUT2D eigenvalue weighted by atomic mass is 10.1. The third-order valence-electron chi connectivity index (χ3n) is 4.93. The molecule has 0 aromatic rings. The summed E-state index contributed by atoms with van der Waals surface area (Å²) in [6, 6.07) is -4.63. The van der Waals surface area contributed by atoms with Crippen LogP contribution in [0.2, 0.25) is 0 Å². The van der Waals surface area contributed by atoms with Crippen LogP contribution in [0.1, 0.15) is 33.1 Å². The Bertz CT molecular complexity index is 632. The number of carbonyl (C=O) groups is 4. The molecule has 12 heteroatoms. The maximum Gasteiger partial charge on any atom is 0.326 e. The van der Waals surface area contributed by atoms with Gasteiger partial charge in [0, 0.05) is 6.54 Å². The molecular weight excluding hydrogens is 416 g/mol. The lowest BCUT2D eigenvalue weighted by Gasteiger charge is -2.30. The Labute approximate surface area is 179 Å². The van der Waals surface area contributed by atoms with Crippen molar-refractivity contribution in [3.8, 4) is 0 Å². The predicted octanol–water partition coefficient (Wildman–Crippen LogP) is -2.13. The SMILES string of the molecule is CSCCC(NC(=O)C(NC(=O)C1CCCN1C(=O)C(N)C(C)O)C(C)O)C(=O)O. The molecule has 0 radical (unpaired) electrons. The predicted molar refractivity (Wildman–Crippen MR) is 111 cm³/mol. The van der Waals surface area contributed by atoms with Gasteiger partial charge in [-0.15, -0.1) is 0 Å². The molecular formula is C18H32N4O7S. The molecule has 1 saturated heterocycles. The number of likely N-dealkylation sites (tertiary alicyclic amines) is 1. The summed E-state index contributed by atoms with van der Waals surface area (Å²) in [7, 11) is 0. The largest absolute Gasteiger partial charge is 0.480 e. The first-order chi connectivity index (χ1) is 14.0. The molecule has 1 rings (SSSR count). The molecule has 0 aromatic heterocycles. The van der Waals surface area contributed by atoms with E-state index in [2.05, 4.69) is 10.6 Å². The van der Waals surface area contributed by atoms with Crippen LogP contribution in [0, 0.1) is 0 Å². The van der Waals surface area contributed by atoms with Gasteiger partial charge in [-0.25, -0.2) is 4.79 Å². The molecule has 7 N–H and O–H groups in total. The van der Waals surface area contributed by atoms with E-state index in [9.17, 15) is 34.5 Å². The van der Waals surface area contributed by atoms with Crippen molar-refractivity contribution in [3.63, 3.8) is 0 Å². The molecule has 0 aromatic carbocycles. The second kappa shape index (κ2) is 12.1. The van der Waals surface area contributed by atoms with Gasteiger partial charge in [0.15, 0.2) is 0 Å². The highest BCUT2D eigenvalue weighted by atomic mass is 32.2. The Morgan fingerprint density at radius 2 is 1.80 bits per heavy atom. The van der Waals surface area contributed by atoms with Gasteiger partial charge in [-0.1, -0.05) is 0 Å². The number of aliphatic carboxylic acids is 1. The number of thioether (sulfide) groups is 1. The molecule has 30 heavy (non-hydrogen) atoms. The van der Waals surface area contributed by atoms with Gasteiger partial charge in [-0.3, -0.25) is 14.4 Å². The van der Waals surface area contributed by atoms with Gasteiger partial charge in [0.25, 0.3) is 0 Å². The van der Waals surface area contributed by atoms with Crippen LogP contribution in [0.5, 0.6) is 0 Å². The number of rotatable bonds is 11. The zero-order valence-corrected chi connectivity index (χ0v) is 18.2. The van der Waals surface area contributed by atoms with Crippen molar-refractivity contribution < 1.29 is 34.5 Å². The Hall–Kier alpha value is -1.89. The van der Waals surface area contributed by atoms with Crippen LogP contribution in [-0.4, -0.2) is 98.8 Å². The average Bonchev–Trinajstić information content (AvgIpc) is 3.16. The number of carboxylic acids is 1. The molecule has 6 unspecified atom stereocenters. The van der Waals surface area contributed by atoms with E-state index in [1.165, 1.54) is 30.5 Å². The van der Waals surface area contributed by atoms with Crippen LogP contribution in [0.15, 0.2) is 0 Å². The lowest BCUT2D eigenvalue weighted by Crippen LogP contribution is -2.60. The smallest absolute Gasteiger partial charge is 0.326 e. The van der Waals surface area contributed by atoms with Crippen molar-refractivity contribution in [2.24, 2.45) is 5.73 Å². The number of hydrogen-bond acceptors (Lipinski definition) is 8. The highest BCUT2D eigenvalue weighted by Gasteiger charge is 2.39. The third kappa shape index (κ3) is 7.11. The molecule has 0 bridgehead atoms. The number of carboxylic acid groups (broad SMARTS) is 1. The lowest BCUT2D eigenvalue weighted by molar-refractivity contribution is -0.144. The fourth-order valence-electron chi connectivity index (χ4n) is 3.11. The number of aliphatic hydroxyl groups excluding tert-OH is 2. The normalized spacial score (nSPS) is 21.3. The van der Waals surface area contributed by atoms with E-state index in [4.69, 9.17) is 5.73 Å². The summed E-state index contributed by atoms with van der Waals surface area (Å²) >= 11 is 1.42. The fraction of sp³-hybridized carbons (Fsp3) is 0.778. The van der Waals surface area contributed by atoms with E-state index >= 15 is 0 Å². The first kappa shape index (κ1) is 26.1. The Morgan fingerprint density at radius 3 is 2.30 bits per heavy atom. The van der Waals surface area contributed by atoms with Crippen molar-refractivity contribution in [2.75, 3.05) is 18.6 Å². The standard InChI is InChI=1S/C18H32N4O7S/c1-9(23)13(19)17(27)22-7-4-5-12(22)15(25)21-14(10(2)24)16(26)20-11(18(28)29)6-8-30-3/h9-14,23-24H,4-8,19H2,1-3H3,(H,20,26)(H,21,25)(H,28,29). The molecule has 172 valence electrons. The van der Waals surface area contributed by atoms with Crippen molar-refractivity contribution in [3.05, 3.63) is 0 Å². The molecule has 0 spiro atoms. The first-order valence-electron chi connectivity index (χ1n) is 9.75. The number of hydrogen-bond donors (Lipinski definition) is 6. The Morgan fingerprint density at radius 1 is 1.17 bits per heavy atom. The molecule has 0 aliphatic carbocycles. The minimum absolute atomic E-state index is 0.185. The van der Waals surface area contributed by atoms with Gasteiger partial charge < -0.3 is 36.6 Å². The monoisotopic (exact) mass is 448 g/mol. The van der Waals surface area contributed by atoms with Crippen LogP contribution in [0.25, 0.3) is 0 Å². The molecule has 1 heterocycles. The van der Waals surface area contributed by atoms with E-state index in [0.717, 1.165) is 0 Å². The van der Waals surface area contributed by atoms with Crippen LogP contribution in [0.4, 0.5) is 0 Å². The Balaban J connectivity index is 2.86. The van der Waals surface area contributed by atoms with Gasteiger partial charge in [0.05, 0.1) is 12.2 Å². The van der Waals surface area contributed by atoms with E-state index in [0.29, 0.717) is 18.6 Å². The molecule has 6 atom stereocenters. The quantitative estimate of drug-likeness (QED) is 0.206. The minimum Gasteiger partial charge on any atom is -0.480 e. The summed E-state index contributed by atoms with van der Waals surface area (Å²) in [4.78, 5) is 50.3. The van der Waals surface area contributed by atoms with Gasteiger partial charge in [0.2, 0.25) is 17.7 Å². The van der Waals surface area contributed by atoms with Crippen LogP contribution in [-0.2, 0) is 19.2 Å². The second-order valence-corrected chi connectivity index (χ2v) is 8.35. The topological polar surface area (TPSA) is 182 Å². The van der Waals surface area contributed by atoms with E-state index < -0.39 is 60.1 Å². The maximum atomic E-state index is 12.7. The summed E-state index contributed by atoms with van der Waals surface area (Å²) in [5.41, 5.74) is 5.69. The Kier molecular flexibility index (Phi) is 10.5. The zero-order valence-electron chi connectivity index (χ0n) is 17.4. The molecule has 1 aliphatic rings. The average molecular weight is 449 g/mol. The van der Waals surface area contributed by atoms with Gasteiger partial charge in [-0.05, 0) is 45.1 Å². The van der Waals surface area contributed by atoms with Crippen LogP contribution in [0.3, 0.4) is 0 Å². The van der Waals surface area contributed by atoms with Crippen LogP contribution < -0.4 is 16.4 Å². The van der Waals surface area contributed by atoms with E-state index in [1.807, 2.05) is 0 Å². The van der Waals surface area contributed by atoms with Gasteiger partial charge in [0.1, 0.15) is 24.2 Å². The highest BCUT2D eigenvalue weighted by molar-refractivity contribution is 7.98. The number of carbonyl (C=O) groups excluding carboxylic acids is 3. The van der Waals surface area contributed by atoms with E-state index in [-0.39, 0.29) is 13.0 Å². The summed E-state index contributed by atoms with van der Waals surface area (Å²) in [6.45, 7) is 2.94. The van der Waals surface area contributed by atoms with Crippen molar-refractivity contribution >= 4 is 35.5 Å². The number of amides is 3. The molecule has 1 aliphatic heterocycles. The first-order valence-corrected chi connectivity index (χ1v) is 11.1. The number of nitrogens with zero attached hydrogens (tertiary/aromatic N) is 1. The number of nitrogens with two attached hydrogens (primary N) is 1. The maximum absolute atomic E-state index is 12.7.